The van der Waals surface area contributed by atoms with Crippen LogP contribution in [0.1, 0.15) is 33.1 Å². The molecule has 1 unspecified atom stereocenters. The fourth-order valence-electron chi connectivity index (χ4n) is 4.97. The molecule has 10 heteroatoms. The Bertz CT molecular complexity index is 1830. The second-order valence-corrected chi connectivity index (χ2v) is 11.6. The molecule has 1 amide bonds. The molecule has 4 rings (SSSR count). The molecule has 230 valence electrons. The Labute approximate surface area is 260 Å². The fourth-order valence-corrected chi connectivity index (χ4v) is 5.22. The van der Waals surface area contributed by atoms with Gasteiger partial charge in [-0.15, -0.1) is 0 Å². The van der Waals surface area contributed by atoms with Crippen LogP contribution in [-0.4, -0.2) is 46.9 Å². The molecule has 2 heterocycles. The molecule has 1 atom stereocenters. The molecule has 0 aliphatic carbocycles. The largest absolute Gasteiger partial charge is 0.342 e. The summed E-state index contributed by atoms with van der Waals surface area (Å²) in [7, 11) is 4.13. The number of carbonyl (C=O) groups excluding carboxylic acids is 1. The van der Waals surface area contributed by atoms with Crippen LogP contribution >= 0.6 is 11.6 Å². The number of amides is 1. The standard InChI is InChI=1S/C34H36ClF2N5O2/c1-6-8-14-31-23(21-38-22(3)39-30-13-10-17-42(4,5)33(30)35)18-28(27-16-15-24(36)19-29(27)37)34(44)41(31)26-12-9-11-25(20-26)40-32(43)7-2/h7,9,11-16,18-21,33H,2,6,8,10,17H2,1,3-5H3,(H-,38,39,40,43,44)/p+1/b31-14-. The van der Waals surface area contributed by atoms with E-state index in [0.29, 0.717) is 38.7 Å². The number of amidine groups is 1. The number of benzene rings is 2. The average molecular weight is 621 g/mol. The summed E-state index contributed by atoms with van der Waals surface area (Å²) in [5, 5.41) is 7.10. The van der Waals surface area contributed by atoms with Crippen LogP contribution in [0.2, 0.25) is 0 Å². The Hall–Kier alpha value is -4.34. The molecule has 2 aromatic carbocycles. The van der Waals surface area contributed by atoms with E-state index in [1.807, 2.05) is 19.9 Å². The van der Waals surface area contributed by atoms with Crippen molar-refractivity contribution in [1.82, 2.24) is 9.88 Å². The number of nitrogens with one attached hydrogen (secondary N) is 2. The number of carbonyl (C=O) groups is 1. The topological polar surface area (TPSA) is 75.5 Å². The minimum Gasteiger partial charge on any atom is -0.342 e. The monoisotopic (exact) mass is 620 g/mol. The molecule has 1 aliphatic rings. The van der Waals surface area contributed by atoms with Gasteiger partial charge < -0.3 is 15.1 Å². The van der Waals surface area contributed by atoms with Crippen molar-refractivity contribution >= 4 is 41.3 Å². The number of pyridine rings is 1. The number of halogens is 3. The maximum absolute atomic E-state index is 15.1. The van der Waals surface area contributed by atoms with Crippen LogP contribution in [0.5, 0.6) is 0 Å². The molecule has 0 fully saturated rings. The molecular weight excluding hydrogens is 584 g/mol. The number of anilines is 1. The first-order valence-corrected chi connectivity index (χ1v) is 14.8. The number of rotatable bonds is 8. The zero-order chi connectivity index (χ0) is 32.0. The third-order valence-electron chi connectivity index (χ3n) is 7.34. The third-order valence-corrected chi connectivity index (χ3v) is 8.10. The molecule has 3 aromatic rings. The van der Waals surface area contributed by atoms with Crippen LogP contribution < -0.4 is 26.8 Å². The summed E-state index contributed by atoms with van der Waals surface area (Å²) in [5.74, 6) is -1.45. The van der Waals surface area contributed by atoms with Crippen molar-refractivity contribution in [2.75, 3.05) is 26.0 Å². The van der Waals surface area contributed by atoms with Crippen LogP contribution in [0.15, 0.2) is 82.7 Å². The van der Waals surface area contributed by atoms with Gasteiger partial charge in [-0.05, 0) is 55.8 Å². The first-order valence-electron chi connectivity index (χ1n) is 14.4. The first kappa shape index (κ1) is 32.6. The smallest absolute Gasteiger partial charge is 0.263 e. The van der Waals surface area contributed by atoms with E-state index in [4.69, 9.17) is 11.6 Å². The molecule has 44 heavy (non-hydrogen) atoms. The van der Waals surface area contributed by atoms with Crippen molar-refractivity contribution in [3.8, 4) is 16.8 Å². The second kappa shape index (κ2) is 14.0. The van der Waals surface area contributed by atoms with Gasteiger partial charge in [0.2, 0.25) is 11.4 Å². The van der Waals surface area contributed by atoms with Crippen LogP contribution in [0.25, 0.3) is 29.1 Å². The number of likely N-dealkylation sites (N-methyl/N-ethyl adjacent to an activating group) is 1. The Morgan fingerprint density at radius 3 is 2.64 bits per heavy atom. The lowest BCUT2D eigenvalue weighted by Crippen LogP contribution is -2.52. The lowest BCUT2D eigenvalue weighted by Gasteiger charge is -2.38. The van der Waals surface area contributed by atoms with Gasteiger partial charge in [-0.2, -0.15) is 0 Å². The van der Waals surface area contributed by atoms with Gasteiger partial charge in [-0.3, -0.25) is 14.2 Å². The van der Waals surface area contributed by atoms with Crippen molar-refractivity contribution < 1.29 is 18.1 Å². The van der Waals surface area contributed by atoms with E-state index < -0.39 is 23.1 Å². The normalized spacial score (nSPS) is 17.3. The molecule has 1 aromatic heterocycles. The van der Waals surface area contributed by atoms with E-state index in [-0.39, 0.29) is 16.6 Å². The molecule has 1 aliphatic heterocycles. The molecule has 2 N–H and O–H groups in total. The highest BCUT2D eigenvalue weighted by atomic mass is 35.5. The lowest BCUT2D eigenvalue weighted by atomic mass is 10.0. The summed E-state index contributed by atoms with van der Waals surface area (Å²) in [6.07, 6.45) is 9.07. The Morgan fingerprint density at radius 2 is 1.93 bits per heavy atom. The maximum atomic E-state index is 15.1. The number of hydrogen-bond donors (Lipinski definition) is 2. The molecule has 0 bridgehead atoms. The fraction of sp³-hybridized carbons (Fsp3) is 0.265. The predicted octanol–water partition coefficient (Wildman–Crippen LogP) is 5.16. The molecular formula is C34H37ClF2N5O2+. The number of quaternary nitrogens is 1. The van der Waals surface area contributed by atoms with E-state index in [9.17, 15) is 14.0 Å². The van der Waals surface area contributed by atoms with E-state index in [2.05, 4.69) is 42.4 Å². The lowest BCUT2D eigenvalue weighted by molar-refractivity contribution is -0.898. The second-order valence-electron chi connectivity index (χ2n) is 11.2. The molecule has 7 nitrogen and oxygen atoms in total. The number of aliphatic imine (C=N–C) groups is 1. The first-order chi connectivity index (χ1) is 20.9. The van der Waals surface area contributed by atoms with Gasteiger partial charge in [-0.25, -0.2) is 13.8 Å². The van der Waals surface area contributed by atoms with Crippen molar-refractivity contribution in [2.24, 2.45) is 4.99 Å². The predicted molar refractivity (Wildman–Crippen MR) is 175 cm³/mol. The number of unbranched alkanes of at least 4 members (excludes halogenated alkanes) is 1. The number of aromatic nitrogens is 1. The number of hydrogen-bond acceptors (Lipinski definition) is 3. The maximum Gasteiger partial charge on any atom is 0.263 e. The summed E-state index contributed by atoms with van der Waals surface area (Å²) in [4.78, 5) is 30.8. The summed E-state index contributed by atoms with van der Waals surface area (Å²) in [6.45, 7) is 8.23. The van der Waals surface area contributed by atoms with E-state index in [1.54, 1.807) is 36.5 Å². The van der Waals surface area contributed by atoms with Gasteiger partial charge in [0, 0.05) is 35.2 Å². The van der Waals surface area contributed by atoms with Gasteiger partial charge in [-0.1, -0.05) is 49.7 Å². The van der Waals surface area contributed by atoms with Crippen LogP contribution in [-0.2, 0) is 4.79 Å². The zero-order valence-electron chi connectivity index (χ0n) is 25.3. The summed E-state index contributed by atoms with van der Waals surface area (Å²) in [6, 6.07) is 11.4. The van der Waals surface area contributed by atoms with Crippen LogP contribution in [0.3, 0.4) is 0 Å². The van der Waals surface area contributed by atoms with Crippen LogP contribution in [0, 0.1) is 11.6 Å². The highest BCUT2D eigenvalue weighted by molar-refractivity contribution is 6.21. The summed E-state index contributed by atoms with van der Waals surface area (Å²) < 4.78 is 31.0. The van der Waals surface area contributed by atoms with Gasteiger partial charge in [0.05, 0.1) is 42.9 Å². The number of nitrogens with zero attached hydrogens (tertiary/aromatic N) is 3. The Morgan fingerprint density at radius 1 is 1.16 bits per heavy atom. The minimum absolute atomic E-state index is 0.0265. The summed E-state index contributed by atoms with van der Waals surface area (Å²) >= 11 is 6.73. The van der Waals surface area contributed by atoms with E-state index >= 15 is 4.39 Å². The number of alkyl halides is 1. The highest BCUT2D eigenvalue weighted by Crippen LogP contribution is 2.24. The third kappa shape index (κ3) is 7.41. The van der Waals surface area contributed by atoms with Crippen molar-refractivity contribution in [2.45, 2.75) is 38.6 Å². The Balaban J connectivity index is 1.97. The van der Waals surface area contributed by atoms with E-state index in [1.165, 1.54) is 10.6 Å². The molecule has 0 spiro atoms. The quantitative estimate of drug-likeness (QED) is 0.0912. The summed E-state index contributed by atoms with van der Waals surface area (Å²) in [5.41, 5.74) is 0.930. The highest BCUT2D eigenvalue weighted by Gasteiger charge is 2.32. The van der Waals surface area contributed by atoms with Gasteiger partial charge in [0.15, 0.2) is 0 Å². The molecule has 0 saturated heterocycles. The van der Waals surface area contributed by atoms with Crippen molar-refractivity contribution in [3.63, 3.8) is 0 Å². The van der Waals surface area contributed by atoms with Crippen LogP contribution in [0.4, 0.5) is 14.5 Å². The SMILES string of the molecule is C=CC(=O)Nc1cccc(-n2c(=O)c(-c3ccc(F)cc3F)cc(=C/N=C(C)NC3=CCC[N+](C)(C)C3Cl)/c2=C/CCC)c1. The van der Waals surface area contributed by atoms with Gasteiger partial charge in [0.25, 0.3) is 5.56 Å². The Kier molecular flexibility index (Phi) is 10.3. The average Bonchev–Trinajstić information content (AvgIpc) is 2.98. The van der Waals surface area contributed by atoms with Gasteiger partial charge >= 0.3 is 0 Å². The van der Waals surface area contributed by atoms with Crippen molar-refractivity contribution in [1.29, 1.82) is 0 Å². The molecule has 0 radical (unpaired) electrons. The zero-order valence-corrected chi connectivity index (χ0v) is 26.1. The van der Waals surface area contributed by atoms with Crippen molar-refractivity contribution in [3.05, 3.63) is 106 Å². The minimum atomic E-state index is -0.864. The molecule has 0 saturated carbocycles. The van der Waals surface area contributed by atoms with E-state index in [0.717, 1.165) is 43.3 Å². The van der Waals surface area contributed by atoms with Gasteiger partial charge in [0.1, 0.15) is 17.5 Å².